The fraction of sp³-hybridized carbons (Fsp3) is 0.889. The number of hydrogen-bond donors (Lipinski definition) is 0. The van der Waals surface area contributed by atoms with Gasteiger partial charge >= 0.3 is 6.09 Å². The third kappa shape index (κ3) is 3.85. The highest BCUT2D eigenvalue weighted by Gasteiger charge is 2.42. The van der Waals surface area contributed by atoms with Gasteiger partial charge in [0, 0.05) is 19.1 Å². The molecule has 2 aliphatic heterocycles. The maximum Gasteiger partial charge on any atom is 0.410 e. The Hall–Kier alpha value is -1.30. The first-order valence-electron chi connectivity index (χ1n) is 9.26. The molecule has 3 rings (SSSR count). The molecular weight excluding hydrogens is 308 g/mol. The standard InChI is InChI=1S/C18H30N2O4/c1-18(2,3)24-17(22)19-10-8-13(9-11-19)20-14-6-4-5-7-15(14)23-12-16(20)21/h13-15H,4-12H2,1-3H3/t14-,15-/m0/s1. The number of nitrogens with zero attached hydrogens (tertiary/aromatic N) is 2. The lowest BCUT2D eigenvalue weighted by Gasteiger charge is -2.49. The number of ether oxygens (including phenoxy) is 2. The van der Waals surface area contributed by atoms with E-state index in [0.29, 0.717) is 13.1 Å². The number of carbonyl (C=O) groups excluding carboxylic acids is 2. The first-order chi connectivity index (χ1) is 11.3. The Morgan fingerprint density at radius 1 is 1.12 bits per heavy atom. The van der Waals surface area contributed by atoms with Gasteiger partial charge in [0.1, 0.15) is 12.2 Å². The Kier molecular flexibility index (Phi) is 5.04. The number of hydrogen-bond acceptors (Lipinski definition) is 4. The van der Waals surface area contributed by atoms with Crippen molar-refractivity contribution in [2.75, 3.05) is 19.7 Å². The molecule has 0 aromatic rings. The van der Waals surface area contributed by atoms with Gasteiger partial charge in [0.05, 0.1) is 12.1 Å². The third-order valence-corrected chi connectivity index (χ3v) is 5.24. The van der Waals surface area contributed by atoms with Gasteiger partial charge in [0.25, 0.3) is 0 Å². The Morgan fingerprint density at radius 3 is 2.46 bits per heavy atom. The minimum atomic E-state index is -0.469. The van der Waals surface area contributed by atoms with Gasteiger partial charge in [-0.3, -0.25) is 4.79 Å². The normalized spacial score (nSPS) is 29.4. The van der Waals surface area contributed by atoms with Gasteiger partial charge in [-0.2, -0.15) is 0 Å². The summed E-state index contributed by atoms with van der Waals surface area (Å²) in [5.74, 6) is 0.119. The highest BCUT2D eigenvalue weighted by atomic mass is 16.6. The van der Waals surface area contributed by atoms with E-state index in [1.165, 1.54) is 12.8 Å². The summed E-state index contributed by atoms with van der Waals surface area (Å²) in [5.41, 5.74) is -0.469. The zero-order valence-corrected chi connectivity index (χ0v) is 15.1. The maximum absolute atomic E-state index is 12.4. The first-order valence-corrected chi connectivity index (χ1v) is 9.26. The topological polar surface area (TPSA) is 59.1 Å². The summed E-state index contributed by atoms with van der Waals surface area (Å²) in [5, 5.41) is 0. The SMILES string of the molecule is CC(C)(C)OC(=O)N1CCC(N2C(=O)CO[C@H]3CCCC[C@@H]32)CC1. The van der Waals surface area contributed by atoms with Crippen LogP contribution in [0.1, 0.15) is 59.3 Å². The van der Waals surface area contributed by atoms with Crippen LogP contribution >= 0.6 is 0 Å². The Bertz CT molecular complexity index is 480. The van der Waals surface area contributed by atoms with Crippen LogP contribution < -0.4 is 0 Å². The summed E-state index contributed by atoms with van der Waals surface area (Å²) in [6.45, 7) is 7.17. The molecule has 2 amide bonds. The zero-order valence-electron chi connectivity index (χ0n) is 15.1. The fourth-order valence-electron chi connectivity index (χ4n) is 4.16. The van der Waals surface area contributed by atoms with Crippen molar-refractivity contribution in [3.05, 3.63) is 0 Å². The van der Waals surface area contributed by atoms with Crippen LogP contribution in [0.3, 0.4) is 0 Å². The Morgan fingerprint density at radius 2 is 1.79 bits per heavy atom. The maximum atomic E-state index is 12.4. The van der Waals surface area contributed by atoms with Crippen molar-refractivity contribution in [1.82, 2.24) is 9.80 Å². The fourth-order valence-corrected chi connectivity index (χ4v) is 4.16. The monoisotopic (exact) mass is 338 g/mol. The molecule has 0 spiro atoms. The van der Waals surface area contributed by atoms with Crippen LogP contribution in [0.15, 0.2) is 0 Å². The average Bonchev–Trinajstić information content (AvgIpc) is 2.53. The van der Waals surface area contributed by atoms with E-state index in [4.69, 9.17) is 9.47 Å². The van der Waals surface area contributed by atoms with Crippen LogP contribution in [0.25, 0.3) is 0 Å². The van der Waals surface area contributed by atoms with Gasteiger partial charge in [-0.1, -0.05) is 12.8 Å². The molecule has 1 saturated carbocycles. The van der Waals surface area contributed by atoms with Gasteiger partial charge in [-0.05, 0) is 46.5 Å². The predicted molar refractivity (Wildman–Crippen MR) is 89.7 cm³/mol. The van der Waals surface area contributed by atoms with Gasteiger partial charge in [-0.25, -0.2) is 4.79 Å². The van der Waals surface area contributed by atoms with Crippen LogP contribution in [0.5, 0.6) is 0 Å². The van der Waals surface area contributed by atoms with Crippen molar-refractivity contribution >= 4 is 12.0 Å². The van der Waals surface area contributed by atoms with Gasteiger partial charge in [-0.15, -0.1) is 0 Å². The van der Waals surface area contributed by atoms with Crippen molar-refractivity contribution in [1.29, 1.82) is 0 Å². The molecule has 2 heterocycles. The van der Waals surface area contributed by atoms with Gasteiger partial charge in [0.2, 0.25) is 5.91 Å². The molecule has 0 radical (unpaired) electrons. The van der Waals surface area contributed by atoms with E-state index in [1.807, 2.05) is 20.8 Å². The van der Waals surface area contributed by atoms with Crippen molar-refractivity contribution in [2.45, 2.75) is 83.1 Å². The molecule has 1 aliphatic carbocycles. The summed E-state index contributed by atoms with van der Waals surface area (Å²) in [4.78, 5) is 28.5. The summed E-state index contributed by atoms with van der Waals surface area (Å²) < 4.78 is 11.2. The Balaban J connectivity index is 1.59. The molecular formula is C18H30N2O4. The van der Waals surface area contributed by atoms with Crippen molar-refractivity contribution < 1.29 is 19.1 Å². The summed E-state index contributed by atoms with van der Waals surface area (Å²) in [6, 6.07) is 0.462. The summed E-state index contributed by atoms with van der Waals surface area (Å²) in [7, 11) is 0. The minimum absolute atomic E-state index is 0.119. The van der Waals surface area contributed by atoms with E-state index in [9.17, 15) is 9.59 Å². The molecule has 0 unspecified atom stereocenters. The molecule has 0 N–H and O–H groups in total. The van der Waals surface area contributed by atoms with Crippen molar-refractivity contribution in [3.8, 4) is 0 Å². The lowest BCUT2D eigenvalue weighted by Crippen LogP contribution is -2.61. The number of likely N-dealkylation sites (tertiary alicyclic amines) is 1. The van der Waals surface area contributed by atoms with Crippen LogP contribution in [-0.2, 0) is 14.3 Å². The first kappa shape index (κ1) is 17.5. The van der Waals surface area contributed by atoms with Crippen molar-refractivity contribution in [3.63, 3.8) is 0 Å². The summed E-state index contributed by atoms with van der Waals surface area (Å²) >= 11 is 0. The third-order valence-electron chi connectivity index (χ3n) is 5.24. The van der Waals surface area contributed by atoms with Gasteiger partial charge < -0.3 is 19.3 Å². The summed E-state index contributed by atoms with van der Waals surface area (Å²) in [6.07, 6.45) is 6.09. The zero-order chi connectivity index (χ0) is 17.3. The average molecular weight is 338 g/mol. The Labute approximate surface area is 144 Å². The number of fused-ring (bicyclic) bond motifs is 1. The highest BCUT2D eigenvalue weighted by molar-refractivity contribution is 5.79. The quantitative estimate of drug-likeness (QED) is 0.737. The second-order valence-corrected chi connectivity index (χ2v) is 8.20. The minimum Gasteiger partial charge on any atom is -0.444 e. The van der Waals surface area contributed by atoms with Gasteiger partial charge in [0.15, 0.2) is 0 Å². The van der Waals surface area contributed by atoms with E-state index in [2.05, 4.69) is 4.90 Å². The molecule has 3 fully saturated rings. The molecule has 2 atom stereocenters. The van der Waals surface area contributed by atoms with E-state index in [1.54, 1.807) is 4.90 Å². The van der Waals surface area contributed by atoms with E-state index >= 15 is 0 Å². The molecule has 2 saturated heterocycles. The van der Waals surface area contributed by atoms with Crippen LogP contribution in [0, 0.1) is 0 Å². The predicted octanol–water partition coefficient (Wildman–Crippen LogP) is 2.56. The van der Waals surface area contributed by atoms with Crippen molar-refractivity contribution in [2.24, 2.45) is 0 Å². The van der Waals surface area contributed by atoms with Crippen LogP contribution in [0.2, 0.25) is 0 Å². The van der Waals surface area contributed by atoms with E-state index in [-0.39, 0.29) is 36.8 Å². The highest BCUT2D eigenvalue weighted by Crippen LogP contribution is 2.32. The number of piperidine rings is 1. The molecule has 3 aliphatic rings. The smallest absolute Gasteiger partial charge is 0.410 e. The van der Waals surface area contributed by atoms with E-state index in [0.717, 1.165) is 25.7 Å². The molecule has 6 nitrogen and oxygen atoms in total. The molecule has 136 valence electrons. The molecule has 0 bridgehead atoms. The lowest BCUT2D eigenvalue weighted by molar-refractivity contribution is -0.166. The lowest BCUT2D eigenvalue weighted by atomic mass is 9.87. The number of rotatable bonds is 1. The largest absolute Gasteiger partial charge is 0.444 e. The van der Waals surface area contributed by atoms with E-state index < -0.39 is 5.60 Å². The molecule has 24 heavy (non-hydrogen) atoms. The van der Waals surface area contributed by atoms with Crippen LogP contribution in [-0.4, -0.2) is 65.3 Å². The molecule has 0 aromatic carbocycles. The second-order valence-electron chi connectivity index (χ2n) is 8.20. The molecule has 0 aromatic heterocycles. The number of carbonyl (C=O) groups is 2. The van der Waals surface area contributed by atoms with Crippen LogP contribution in [0.4, 0.5) is 4.79 Å². The number of morpholine rings is 1. The molecule has 6 heteroatoms. The second kappa shape index (κ2) is 6.90. The number of amides is 2.